The second-order valence-corrected chi connectivity index (χ2v) is 6.17. The summed E-state index contributed by atoms with van der Waals surface area (Å²) < 4.78 is 29.3. The molecule has 0 spiro atoms. The van der Waals surface area contributed by atoms with Gasteiger partial charge in [-0.3, -0.25) is 0 Å². The number of hydrogen-bond donors (Lipinski definition) is 1. The van der Waals surface area contributed by atoms with Gasteiger partial charge in [-0.15, -0.1) is 0 Å². The van der Waals surface area contributed by atoms with Gasteiger partial charge in [0, 0.05) is 26.7 Å². The fourth-order valence-electron chi connectivity index (χ4n) is 1.23. The molecule has 1 N–H and O–H groups in total. The van der Waals surface area contributed by atoms with Gasteiger partial charge < -0.3 is 10.1 Å². The minimum atomic E-state index is -3.20. The van der Waals surface area contributed by atoms with Crippen LogP contribution in [0.5, 0.6) is 5.88 Å². The number of aromatic nitrogens is 2. The molecule has 102 valence electrons. The van der Waals surface area contributed by atoms with Crippen LogP contribution >= 0.6 is 0 Å². The molecule has 1 aromatic heterocycles. The number of anilines is 1. The zero-order valence-corrected chi connectivity index (χ0v) is 11.8. The fraction of sp³-hybridized carbons (Fsp3) is 0.600. The summed E-state index contributed by atoms with van der Waals surface area (Å²) in [6.07, 6.45) is 0. The lowest BCUT2D eigenvalue weighted by Crippen LogP contribution is -2.28. The molecule has 0 atom stereocenters. The lowest BCUT2D eigenvalue weighted by Gasteiger charge is -2.12. The zero-order chi connectivity index (χ0) is 13.8. The van der Waals surface area contributed by atoms with Gasteiger partial charge in [0.2, 0.25) is 15.9 Å². The molecule has 8 heteroatoms. The first kappa shape index (κ1) is 14.7. The van der Waals surface area contributed by atoms with Gasteiger partial charge in [0.05, 0.1) is 12.9 Å². The first-order chi connectivity index (χ1) is 8.35. The summed E-state index contributed by atoms with van der Waals surface area (Å²) in [5.74, 6) is 1.56. The van der Waals surface area contributed by atoms with E-state index < -0.39 is 10.0 Å². The van der Waals surface area contributed by atoms with E-state index in [0.717, 1.165) is 0 Å². The highest BCUT2D eigenvalue weighted by Crippen LogP contribution is 2.12. The first-order valence-electron chi connectivity index (χ1n) is 5.39. The van der Waals surface area contributed by atoms with Crippen molar-refractivity contribution in [3.05, 3.63) is 11.9 Å². The molecule has 0 amide bonds. The number of nitrogens with zero attached hydrogens (tertiary/aromatic N) is 3. The highest BCUT2D eigenvalue weighted by atomic mass is 32.2. The Balaban J connectivity index is 2.62. The van der Waals surface area contributed by atoms with Gasteiger partial charge in [-0.1, -0.05) is 0 Å². The number of ether oxygens (including phenoxy) is 1. The third-order valence-corrected chi connectivity index (χ3v) is 4.08. The second kappa shape index (κ2) is 5.96. The number of aryl methyl sites for hydroxylation is 1. The van der Waals surface area contributed by atoms with Gasteiger partial charge in [-0.25, -0.2) is 17.7 Å². The molecule has 7 nitrogen and oxygen atoms in total. The van der Waals surface area contributed by atoms with Crippen LogP contribution in [-0.4, -0.2) is 56.2 Å². The van der Waals surface area contributed by atoms with Crippen LogP contribution in [0.1, 0.15) is 5.82 Å². The molecule has 18 heavy (non-hydrogen) atoms. The summed E-state index contributed by atoms with van der Waals surface area (Å²) in [7, 11) is 1.33. The normalized spacial score (nSPS) is 11.6. The Labute approximate surface area is 107 Å². The van der Waals surface area contributed by atoms with Crippen molar-refractivity contribution < 1.29 is 13.2 Å². The molecule has 1 heterocycles. The molecule has 0 saturated heterocycles. The van der Waals surface area contributed by atoms with E-state index in [1.807, 2.05) is 0 Å². The van der Waals surface area contributed by atoms with Crippen molar-refractivity contribution in [1.29, 1.82) is 0 Å². The molecule has 0 unspecified atom stereocenters. The smallest absolute Gasteiger partial charge is 0.218 e. The van der Waals surface area contributed by atoms with Crippen LogP contribution in [0.4, 0.5) is 5.82 Å². The van der Waals surface area contributed by atoms with Gasteiger partial charge in [-0.2, -0.15) is 4.98 Å². The van der Waals surface area contributed by atoms with Crippen LogP contribution in [0.3, 0.4) is 0 Å². The summed E-state index contributed by atoms with van der Waals surface area (Å²) >= 11 is 0. The Hall–Kier alpha value is -1.41. The van der Waals surface area contributed by atoms with Crippen LogP contribution in [0, 0.1) is 6.92 Å². The molecule has 0 fully saturated rings. The van der Waals surface area contributed by atoms with Crippen LogP contribution in [0.2, 0.25) is 0 Å². The maximum absolute atomic E-state index is 11.5. The highest BCUT2D eigenvalue weighted by Gasteiger charge is 2.12. The topological polar surface area (TPSA) is 84.4 Å². The predicted octanol–water partition coefficient (Wildman–Crippen LogP) is 0.0969. The van der Waals surface area contributed by atoms with Crippen molar-refractivity contribution in [3.8, 4) is 5.88 Å². The van der Waals surface area contributed by atoms with Gasteiger partial charge >= 0.3 is 0 Å². The monoisotopic (exact) mass is 274 g/mol. The summed E-state index contributed by atoms with van der Waals surface area (Å²) in [5, 5.41) is 2.93. The SMILES string of the molecule is COc1cc(NCCS(=O)(=O)N(C)C)nc(C)n1. The number of sulfonamides is 1. The number of nitrogens with one attached hydrogen (secondary N) is 1. The first-order valence-corrected chi connectivity index (χ1v) is 7.00. The Morgan fingerprint density at radius 3 is 2.61 bits per heavy atom. The average Bonchev–Trinajstić information content (AvgIpc) is 2.27. The third-order valence-electron chi connectivity index (χ3n) is 2.25. The predicted molar refractivity (Wildman–Crippen MR) is 69.3 cm³/mol. The lowest BCUT2D eigenvalue weighted by molar-refractivity contribution is 0.396. The highest BCUT2D eigenvalue weighted by molar-refractivity contribution is 7.89. The Morgan fingerprint density at radius 2 is 2.06 bits per heavy atom. The largest absolute Gasteiger partial charge is 0.481 e. The van der Waals surface area contributed by atoms with Crippen molar-refractivity contribution in [3.63, 3.8) is 0 Å². The standard InChI is InChI=1S/C10H18N4O3S/c1-8-12-9(7-10(13-8)17-4)11-5-6-18(15,16)14(2)3/h7H,5-6H2,1-4H3,(H,11,12,13). The summed E-state index contributed by atoms with van der Waals surface area (Å²) in [5.41, 5.74) is 0. The Bertz CT molecular complexity index is 502. The van der Waals surface area contributed by atoms with Crippen LogP contribution in [0.15, 0.2) is 6.07 Å². The van der Waals surface area contributed by atoms with E-state index in [2.05, 4.69) is 15.3 Å². The minimum absolute atomic E-state index is 0.00532. The molecule has 0 bridgehead atoms. The third kappa shape index (κ3) is 4.11. The van der Waals surface area contributed by atoms with Gasteiger partial charge in [0.15, 0.2) is 0 Å². The second-order valence-electron chi connectivity index (χ2n) is 3.87. The minimum Gasteiger partial charge on any atom is -0.481 e. The molecule has 0 radical (unpaired) electrons. The molecule has 0 aliphatic carbocycles. The molecule has 0 saturated carbocycles. The maximum Gasteiger partial charge on any atom is 0.218 e. The van der Waals surface area contributed by atoms with E-state index in [-0.39, 0.29) is 12.3 Å². The molecule has 0 aromatic carbocycles. The summed E-state index contributed by atoms with van der Waals surface area (Å²) in [6, 6.07) is 1.62. The van der Waals surface area contributed by atoms with Crippen LogP contribution in [-0.2, 0) is 10.0 Å². The van der Waals surface area contributed by atoms with Crippen LogP contribution in [0.25, 0.3) is 0 Å². The van der Waals surface area contributed by atoms with Gasteiger partial charge in [0.1, 0.15) is 11.6 Å². The molecule has 1 aromatic rings. The molecule has 0 aliphatic heterocycles. The van der Waals surface area contributed by atoms with Crippen molar-refractivity contribution in [2.24, 2.45) is 0 Å². The number of hydrogen-bond acceptors (Lipinski definition) is 6. The Kier molecular flexibility index (Phi) is 4.85. The van der Waals surface area contributed by atoms with Crippen molar-refractivity contribution in [2.75, 3.05) is 38.8 Å². The Morgan fingerprint density at radius 1 is 1.39 bits per heavy atom. The van der Waals surface area contributed by atoms with Crippen molar-refractivity contribution >= 4 is 15.8 Å². The van der Waals surface area contributed by atoms with E-state index in [1.54, 1.807) is 13.0 Å². The van der Waals surface area contributed by atoms with E-state index in [4.69, 9.17) is 4.74 Å². The fourth-order valence-corrected chi connectivity index (χ4v) is 1.95. The average molecular weight is 274 g/mol. The summed E-state index contributed by atoms with van der Waals surface area (Å²) in [4.78, 5) is 8.17. The summed E-state index contributed by atoms with van der Waals surface area (Å²) in [6.45, 7) is 2.02. The van der Waals surface area contributed by atoms with Gasteiger partial charge in [0.25, 0.3) is 0 Å². The van der Waals surface area contributed by atoms with Gasteiger partial charge in [-0.05, 0) is 6.92 Å². The number of methoxy groups -OCH3 is 1. The van der Waals surface area contributed by atoms with E-state index in [1.165, 1.54) is 25.5 Å². The molecule has 1 rings (SSSR count). The lowest BCUT2D eigenvalue weighted by atomic mass is 10.5. The number of rotatable bonds is 6. The quantitative estimate of drug-likeness (QED) is 0.792. The van der Waals surface area contributed by atoms with Crippen LogP contribution < -0.4 is 10.1 Å². The maximum atomic E-state index is 11.5. The van der Waals surface area contributed by atoms with E-state index in [0.29, 0.717) is 17.5 Å². The van der Waals surface area contributed by atoms with Crippen molar-refractivity contribution in [2.45, 2.75) is 6.92 Å². The molecular weight excluding hydrogens is 256 g/mol. The molecular formula is C10H18N4O3S. The van der Waals surface area contributed by atoms with E-state index in [9.17, 15) is 8.42 Å². The van der Waals surface area contributed by atoms with E-state index >= 15 is 0 Å². The zero-order valence-electron chi connectivity index (χ0n) is 11.0. The van der Waals surface area contributed by atoms with Crippen molar-refractivity contribution in [1.82, 2.24) is 14.3 Å². The molecule has 0 aliphatic rings.